The minimum absolute atomic E-state index is 0.0444. The zero-order valence-electron chi connectivity index (χ0n) is 12.9. The normalized spacial score (nSPS) is 10.3. The minimum atomic E-state index is -0.716. The van der Waals surface area contributed by atoms with Gasteiger partial charge in [-0.25, -0.2) is 8.78 Å². The molecular weight excluding hydrogens is 334 g/mol. The highest BCUT2D eigenvalue weighted by atomic mass is 32.2. The van der Waals surface area contributed by atoms with Gasteiger partial charge in [-0.1, -0.05) is 17.7 Å². The number of amides is 2. The van der Waals surface area contributed by atoms with Gasteiger partial charge in [-0.15, -0.1) is 11.8 Å². The number of rotatable bonds is 6. The van der Waals surface area contributed by atoms with Crippen LogP contribution in [0.2, 0.25) is 0 Å². The number of anilines is 2. The van der Waals surface area contributed by atoms with Gasteiger partial charge in [-0.3, -0.25) is 9.59 Å². The number of carbonyl (C=O) groups is 2. The molecule has 7 heteroatoms. The highest BCUT2D eigenvalue weighted by molar-refractivity contribution is 8.00. The molecule has 0 aliphatic heterocycles. The lowest BCUT2D eigenvalue weighted by molar-refractivity contribution is -0.114. The van der Waals surface area contributed by atoms with E-state index >= 15 is 0 Å². The van der Waals surface area contributed by atoms with Crippen molar-refractivity contribution in [2.45, 2.75) is 6.92 Å². The van der Waals surface area contributed by atoms with Gasteiger partial charge in [0.15, 0.2) is 0 Å². The third kappa shape index (κ3) is 5.66. The molecule has 0 atom stereocenters. The van der Waals surface area contributed by atoms with Crippen LogP contribution in [0.1, 0.15) is 5.56 Å². The molecule has 0 saturated heterocycles. The number of carbonyl (C=O) groups excluding carboxylic acids is 2. The Kier molecular flexibility index (Phi) is 6.31. The maximum Gasteiger partial charge on any atom is 0.234 e. The molecule has 2 aromatic carbocycles. The van der Waals surface area contributed by atoms with E-state index in [4.69, 9.17) is 0 Å². The summed E-state index contributed by atoms with van der Waals surface area (Å²) in [5.41, 5.74) is 1.55. The highest BCUT2D eigenvalue weighted by Gasteiger charge is 2.10. The third-order valence-corrected chi connectivity index (χ3v) is 3.94. The Morgan fingerprint density at radius 2 is 1.58 bits per heavy atom. The van der Waals surface area contributed by atoms with Crippen LogP contribution < -0.4 is 10.6 Å². The summed E-state index contributed by atoms with van der Waals surface area (Å²) in [5.74, 6) is -2.07. The van der Waals surface area contributed by atoms with Gasteiger partial charge >= 0.3 is 0 Å². The molecule has 0 saturated carbocycles. The van der Waals surface area contributed by atoms with Crippen LogP contribution >= 0.6 is 11.8 Å². The molecule has 0 bridgehead atoms. The second-order valence-electron chi connectivity index (χ2n) is 5.08. The first kappa shape index (κ1) is 17.9. The Labute approximate surface area is 142 Å². The van der Waals surface area contributed by atoms with Crippen molar-refractivity contribution in [2.75, 3.05) is 22.1 Å². The first-order valence-electron chi connectivity index (χ1n) is 7.13. The third-order valence-electron chi connectivity index (χ3n) is 3.00. The van der Waals surface area contributed by atoms with Crippen molar-refractivity contribution < 1.29 is 18.4 Å². The topological polar surface area (TPSA) is 58.2 Å². The van der Waals surface area contributed by atoms with Crippen LogP contribution in [0.15, 0.2) is 42.5 Å². The van der Waals surface area contributed by atoms with Gasteiger partial charge in [-0.05, 0) is 31.2 Å². The van der Waals surface area contributed by atoms with Crippen molar-refractivity contribution in [3.8, 4) is 0 Å². The number of nitrogens with one attached hydrogen (secondary N) is 2. The Morgan fingerprint density at radius 3 is 2.25 bits per heavy atom. The monoisotopic (exact) mass is 350 g/mol. The number of hydrogen-bond donors (Lipinski definition) is 2. The zero-order chi connectivity index (χ0) is 17.5. The molecule has 24 heavy (non-hydrogen) atoms. The fourth-order valence-corrected chi connectivity index (χ4v) is 2.47. The van der Waals surface area contributed by atoms with E-state index in [-0.39, 0.29) is 23.1 Å². The van der Waals surface area contributed by atoms with Crippen molar-refractivity contribution in [1.29, 1.82) is 0 Å². The Morgan fingerprint density at radius 1 is 0.958 bits per heavy atom. The van der Waals surface area contributed by atoms with Crippen LogP contribution in [0, 0.1) is 18.6 Å². The summed E-state index contributed by atoms with van der Waals surface area (Å²) >= 11 is 1.08. The van der Waals surface area contributed by atoms with Crippen LogP contribution in [0.4, 0.5) is 20.2 Å². The predicted octanol–water partition coefficient (Wildman–Crippen LogP) is 3.58. The van der Waals surface area contributed by atoms with Crippen LogP contribution in [-0.4, -0.2) is 23.3 Å². The molecule has 0 aromatic heterocycles. The lowest BCUT2D eigenvalue weighted by Crippen LogP contribution is -2.19. The molecule has 0 aliphatic rings. The van der Waals surface area contributed by atoms with Gasteiger partial charge in [0, 0.05) is 11.8 Å². The molecule has 2 aromatic rings. The SMILES string of the molecule is Cc1ccc(NC(=O)CSCC(=O)Nc2cc(F)ccc2F)cc1. The average molecular weight is 350 g/mol. The maximum absolute atomic E-state index is 13.4. The first-order chi connectivity index (χ1) is 11.4. The van der Waals surface area contributed by atoms with E-state index in [2.05, 4.69) is 10.6 Å². The number of aryl methyl sites for hydroxylation is 1. The van der Waals surface area contributed by atoms with Gasteiger partial charge in [0.25, 0.3) is 0 Å². The van der Waals surface area contributed by atoms with E-state index in [9.17, 15) is 18.4 Å². The Balaban J connectivity index is 1.75. The Hall–Kier alpha value is -2.41. The summed E-state index contributed by atoms with van der Waals surface area (Å²) in [6, 6.07) is 10.1. The predicted molar refractivity (Wildman–Crippen MR) is 92.1 cm³/mol. The second kappa shape index (κ2) is 8.44. The van der Waals surface area contributed by atoms with E-state index in [0.29, 0.717) is 5.69 Å². The van der Waals surface area contributed by atoms with Crippen LogP contribution in [-0.2, 0) is 9.59 Å². The standard InChI is InChI=1S/C17H16F2N2O2S/c1-11-2-5-13(6-3-11)20-16(22)9-24-10-17(23)21-15-8-12(18)4-7-14(15)19/h2-8H,9-10H2,1H3,(H,20,22)(H,21,23). The van der Waals surface area contributed by atoms with Crippen LogP contribution in [0.3, 0.4) is 0 Å². The van der Waals surface area contributed by atoms with Gasteiger partial charge in [0.2, 0.25) is 11.8 Å². The molecule has 0 heterocycles. The summed E-state index contributed by atoms with van der Waals surface area (Å²) < 4.78 is 26.4. The smallest absolute Gasteiger partial charge is 0.234 e. The van der Waals surface area contributed by atoms with E-state index in [1.54, 1.807) is 12.1 Å². The minimum Gasteiger partial charge on any atom is -0.325 e. The molecule has 2 rings (SSSR count). The number of halogens is 2. The quantitative estimate of drug-likeness (QED) is 0.837. The van der Waals surface area contributed by atoms with Crippen molar-refractivity contribution in [3.63, 3.8) is 0 Å². The van der Waals surface area contributed by atoms with Gasteiger partial charge < -0.3 is 10.6 Å². The van der Waals surface area contributed by atoms with Gasteiger partial charge in [0.05, 0.1) is 17.2 Å². The second-order valence-corrected chi connectivity index (χ2v) is 6.06. The van der Waals surface area contributed by atoms with Crippen molar-refractivity contribution in [1.82, 2.24) is 0 Å². The molecule has 4 nitrogen and oxygen atoms in total. The number of benzene rings is 2. The summed E-state index contributed by atoms with van der Waals surface area (Å²) in [6.07, 6.45) is 0. The van der Waals surface area contributed by atoms with E-state index in [1.165, 1.54) is 0 Å². The summed E-state index contributed by atoms with van der Waals surface area (Å²) in [5, 5.41) is 4.98. The molecule has 0 fully saturated rings. The van der Waals surface area contributed by atoms with Crippen molar-refractivity contribution in [2.24, 2.45) is 0 Å². The largest absolute Gasteiger partial charge is 0.325 e. The maximum atomic E-state index is 13.4. The molecule has 2 amide bonds. The summed E-state index contributed by atoms with van der Waals surface area (Å²) in [6.45, 7) is 1.95. The number of hydrogen-bond acceptors (Lipinski definition) is 3. The van der Waals surface area contributed by atoms with E-state index in [1.807, 2.05) is 19.1 Å². The van der Waals surface area contributed by atoms with Crippen LogP contribution in [0.25, 0.3) is 0 Å². The first-order valence-corrected chi connectivity index (χ1v) is 8.28. The Bertz CT molecular complexity index is 736. The average Bonchev–Trinajstić information content (AvgIpc) is 2.53. The van der Waals surface area contributed by atoms with E-state index in [0.717, 1.165) is 35.5 Å². The molecular formula is C17H16F2N2O2S. The van der Waals surface area contributed by atoms with Gasteiger partial charge in [0.1, 0.15) is 11.6 Å². The lowest BCUT2D eigenvalue weighted by Gasteiger charge is -2.07. The molecule has 0 spiro atoms. The van der Waals surface area contributed by atoms with Crippen molar-refractivity contribution in [3.05, 3.63) is 59.7 Å². The van der Waals surface area contributed by atoms with Crippen LogP contribution in [0.5, 0.6) is 0 Å². The zero-order valence-corrected chi connectivity index (χ0v) is 13.8. The fourth-order valence-electron chi connectivity index (χ4n) is 1.85. The lowest BCUT2D eigenvalue weighted by atomic mass is 10.2. The number of thioether (sulfide) groups is 1. The fraction of sp³-hybridized carbons (Fsp3) is 0.176. The molecule has 126 valence electrons. The molecule has 0 radical (unpaired) electrons. The van der Waals surface area contributed by atoms with E-state index < -0.39 is 17.5 Å². The summed E-state index contributed by atoms with van der Waals surface area (Å²) in [7, 11) is 0. The molecule has 0 aliphatic carbocycles. The molecule has 0 unspecified atom stereocenters. The highest BCUT2D eigenvalue weighted by Crippen LogP contribution is 2.16. The van der Waals surface area contributed by atoms with Gasteiger partial charge in [-0.2, -0.15) is 0 Å². The van der Waals surface area contributed by atoms with Crippen molar-refractivity contribution >= 4 is 35.0 Å². The summed E-state index contributed by atoms with van der Waals surface area (Å²) in [4.78, 5) is 23.5. The molecule has 2 N–H and O–H groups in total.